The summed E-state index contributed by atoms with van der Waals surface area (Å²) >= 11 is 0. The van der Waals surface area contributed by atoms with Crippen LogP contribution in [0.25, 0.3) is 0 Å². The standard InChI is InChI=1S/C4H5N5O3/c5-7-4-6-2(10)1(3(11)12)8-9-4/h5H2,(H,11,12)(H2,6,7,9,10). The van der Waals surface area contributed by atoms with Crippen molar-refractivity contribution >= 4 is 11.9 Å². The van der Waals surface area contributed by atoms with Crippen molar-refractivity contribution in [2.45, 2.75) is 0 Å². The van der Waals surface area contributed by atoms with Crippen molar-refractivity contribution in [2.75, 3.05) is 5.43 Å². The lowest BCUT2D eigenvalue weighted by Gasteiger charge is -1.95. The third-order valence-electron chi connectivity index (χ3n) is 1.04. The van der Waals surface area contributed by atoms with Gasteiger partial charge >= 0.3 is 5.97 Å². The number of nitrogens with zero attached hydrogens (tertiary/aromatic N) is 2. The lowest BCUT2D eigenvalue weighted by Crippen LogP contribution is -2.24. The summed E-state index contributed by atoms with van der Waals surface area (Å²) in [6.07, 6.45) is 0. The Morgan fingerprint density at radius 1 is 1.58 bits per heavy atom. The highest BCUT2D eigenvalue weighted by Gasteiger charge is 2.11. The van der Waals surface area contributed by atoms with Crippen LogP contribution in [-0.2, 0) is 0 Å². The normalized spacial score (nSPS) is 9.42. The van der Waals surface area contributed by atoms with Crippen LogP contribution >= 0.6 is 0 Å². The molecule has 0 saturated heterocycles. The Labute approximate surface area is 65.4 Å². The van der Waals surface area contributed by atoms with E-state index in [0.29, 0.717) is 0 Å². The molecule has 1 heterocycles. The van der Waals surface area contributed by atoms with Gasteiger partial charge in [0.1, 0.15) is 0 Å². The van der Waals surface area contributed by atoms with Crippen LogP contribution in [0.4, 0.5) is 5.95 Å². The second kappa shape index (κ2) is 2.96. The molecule has 0 aromatic carbocycles. The molecule has 0 saturated carbocycles. The highest BCUT2D eigenvalue weighted by Crippen LogP contribution is 1.86. The van der Waals surface area contributed by atoms with Crippen molar-refractivity contribution in [3.05, 3.63) is 16.0 Å². The molecule has 64 valence electrons. The highest BCUT2D eigenvalue weighted by molar-refractivity contribution is 5.84. The maximum Gasteiger partial charge on any atom is 0.362 e. The smallest absolute Gasteiger partial charge is 0.362 e. The van der Waals surface area contributed by atoms with E-state index in [1.54, 1.807) is 0 Å². The van der Waals surface area contributed by atoms with E-state index in [9.17, 15) is 9.59 Å². The molecule has 0 unspecified atom stereocenters. The van der Waals surface area contributed by atoms with Gasteiger partial charge in [0.15, 0.2) is 0 Å². The molecule has 0 aliphatic rings. The number of anilines is 1. The van der Waals surface area contributed by atoms with Gasteiger partial charge in [0.05, 0.1) is 0 Å². The van der Waals surface area contributed by atoms with E-state index in [-0.39, 0.29) is 5.95 Å². The number of nitrogen functional groups attached to an aromatic ring is 1. The molecule has 1 aromatic heterocycles. The zero-order valence-electron chi connectivity index (χ0n) is 5.74. The van der Waals surface area contributed by atoms with Crippen LogP contribution in [0.3, 0.4) is 0 Å². The van der Waals surface area contributed by atoms with Gasteiger partial charge in [-0.15, -0.1) is 10.2 Å². The zero-order valence-corrected chi connectivity index (χ0v) is 5.74. The average molecular weight is 171 g/mol. The maximum absolute atomic E-state index is 10.8. The number of carbonyl (C=O) groups is 1. The van der Waals surface area contributed by atoms with Crippen LogP contribution in [0.1, 0.15) is 10.5 Å². The topological polar surface area (TPSA) is 134 Å². The lowest BCUT2D eigenvalue weighted by molar-refractivity contribution is 0.0687. The minimum absolute atomic E-state index is 0.0926. The van der Waals surface area contributed by atoms with Crippen LogP contribution in [0.15, 0.2) is 4.79 Å². The number of carboxylic acids is 1. The molecule has 0 spiro atoms. The van der Waals surface area contributed by atoms with Crippen molar-refractivity contribution in [3.63, 3.8) is 0 Å². The Morgan fingerprint density at radius 3 is 2.67 bits per heavy atom. The summed E-state index contributed by atoms with van der Waals surface area (Å²) in [6.45, 7) is 0. The number of hydrogen-bond acceptors (Lipinski definition) is 6. The van der Waals surface area contributed by atoms with Gasteiger partial charge in [-0.2, -0.15) is 0 Å². The van der Waals surface area contributed by atoms with Gasteiger partial charge in [-0.05, 0) is 0 Å². The van der Waals surface area contributed by atoms with Gasteiger partial charge in [0, 0.05) is 0 Å². The zero-order chi connectivity index (χ0) is 9.14. The monoisotopic (exact) mass is 171 g/mol. The second-order valence-electron chi connectivity index (χ2n) is 1.80. The molecule has 8 heteroatoms. The van der Waals surface area contributed by atoms with Crippen molar-refractivity contribution in [1.82, 2.24) is 15.2 Å². The predicted molar refractivity (Wildman–Crippen MR) is 37.4 cm³/mol. The number of hydrogen-bond donors (Lipinski definition) is 4. The first kappa shape index (κ1) is 8.14. The summed E-state index contributed by atoms with van der Waals surface area (Å²) in [4.78, 5) is 23.1. The molecule has 0 aliphatic carbocycles. The van der Waals surface area contributed by atoms with Gasteiger partial charge in [-0.25, -0.2) is 10.6 Å². The first-order chi connectivity index (χ1) is 5.65. The molecule has 5 N–H and O–H groups in total. The quantitative estimate of drug-likeness (QED) is 0.303. The van der Waals surface area contributed by atoms with E-state index in [1.807, 2.05) is 5.43 Å². The molecule has 1 aromatic rings. The fourth-order valence-electron chi connectivity index (χ4n) is 0.542. The molecule has 0 atom stereocenters. The summed E-state index contributed by atoms with van der Waals surface area (Å²) < 4.78 is 0. The van der Waals surface area contributed by atoms with Crippen LogP contribution in [-0.4, -0.2) is 26.3 Å². The number of rotatable bonds is 2. The number of aromatic amines is 1. The Kier molecular flexibility index (Phi) is 2.01. The van der Waals surface area contributed by atoms with E-state index < -0.39 is 17.2 Å². The molecule has 12 heavy (non-hydrogen) atoms. The molecule has 0 radical (unpaired) electrons. The number of aromatic carboxylic acids is 1. The number of H-pyrrole nitrogens is 1. The minimum atomic E-state index is -1.44. The number of nitrogens with one attached hydrogen (secondary N) is 2. The number of nitrogens with two attached hydrogens (primary N) is 1. The summed E-state index contributed by atoms with van der Waals surface area (Å²) in [6, 6.07) is 0. The van der Waals surface area contributed by atoms with E-state index in [1.165, 1.54) is 0 Å². The third kappa shape index (κ3) is 1.37. The summed E-state index contributed by atoms with van der Waals surface area (Å²) in [5.74, 6) is 3.34. The number of aromatic nitrogens is 3. The van der Waals surface area contributed by atoms with Gasteiger partial charge in [-0.3, -0.25) is 15.2 Å². The summed E-state index contributed by atoms with van der Waals surface area (Å²) in [7, 11) is 0. The fraction of sp³-hybridized carbons (Fsp3) is 0. The Morgan fingerprint density at radius 2 is 2.25 bits per heavy atom. The van der Waals surface area contributed by atoms with Crippen LogP contribution < -0.4 is 16.8 Å². The fourth-order valence-corrected chi connectivity index (χ4v) is 0.542. The largest absolute Gasteiger partial charge is 0.476 e. The van der Waals surface area contributed by atoms with Gasteiger partial charge < -0.3 is 5.11 Å². The van der Waals surface area contributed by atoms with Crippen molar-refractivity contribution in [3.8, 4) is 0 Å². The molecule has 8 nitrogen and oxygen atoms in total. The molecule has 0 amide bonds. The van der Waals surface area contributed by atoms with E-state index >= 15 is 0 Å². The van der Waals surface area contributed by atoms with Gasteiger partial charge in [0.25, 0.3) is 5.56 Å². The molecule has 0 fully saturated rings. The van der Waals surface area contributed by atoms with Crippen LogP contribution in [0.2, 0.25) is 0 Å². The summed E-state index contributed by atoms with van der Waals surface area (Å²) in [5, 5.41) is 14.7. The molecule has 0 aliphatic heterocycles. The molecular weight excluding hydrogens is 166 g/mol. The first-order valence-corrected chi connectivity index (χ1v) is 2.82. The van der Waals surface area contributed by atoms with E-state index in [0.717, 1.165) is 0 Å². The Hall–Kier alpha value is -1.96. The van der Waals surface area contributed by atoms with Crippen LogP contribution in [0, 0.1) is 0 Å². The Balaban J connectivity index is 3.21. The molecular formula is C4H5N5O3. The van der Waals surface area contributed by atoms with Gasteiger partial charge in [-0.1, -0.05) is 0 Å². The number of carboxylic acid groups (broad SMARTS) is 1. The van der Waals surface area contributed by atoms with E-state index in [4.69, 9.17) is 10.9 Å². The first-order valence-electron chi connectivity index (χ1n) is 2.82. The Bertz CT molecular complexity index is 358. The second-order valence-corrected chi connectivity index (χ2v) is 1.80. The highest BCUT2D eigenvalue weighted by atomic mass is 16.4. The molecule has 0 bridgehead atoms. The van der Waals surface area contributed by atoms with E-state index in [2.05, 4.69) is 15.2 Å². The van der Waals surface area contributed by atoms with Crippen molar-refractivity contribution in [2.24, 2.45) is 5.84 Å². The molecule has 1 rings (SSSR count). The summed E-state index contributed by atoms with van der Waals surface area (Å²) in [5.41, 5.74) is 0.484. The average Bonchev–Trinajstić information content (AvgIpc) is 2.03. The third-order valence-corrected chi connectivity index (χ3v) is 1.04. The van der Waals surface area contributed by atoms with Gasteiger partial charge in [0.2, 0.25) is 11.6 Å². The predicted octanol–water partition coefficient (Wildman–Crippen LogP) is -1.85. The SMILES string of the molecule is NNc1nnc(C(=O)O)c(=O)[nH]1. The van der Waals surface area contributed by atoms with Crippen molar-refractivity contribution in [1.29, 1.82) is 0 Å². The maximum atomic E-state index is 10.8. The van der Waals surface area contributed by atoms with Crippen molar-refractivity contribution < 1.29 is 9.90 Å². The lowest BCUT2D eigenvalue weighted by atomic mass is 10.5. The van der Waals surface area contributed by atoms with Crippen LogP contribution in [0.5, 0.6) is 0 Å². The minimum Gasteiger partial charge on any atom is -0.476 e. The number of hydrazine groups is 1.